The number of amides is 1. The number of aryl methyl sites for hydroxylation is 1. The summed E-state index contributed by atoms with van der Waals surface area (Å²) in [4.78, 5) is 14.5. The maximum Gasteiger partial charge on any atom is 0.224 e. The van der Waals surface area contributed by atoms with Gasteiger partial charge in [0.05, 0.1) is 18.3 Å². The maximum absolute atomic E-state index is 12.2. The molecule has 3 rings (SSSR count). The summed E-state index contributed by atoms with van der Waals surface area (Å²) in [6.45, 7) is 1.77. The van der Waals surface area contributed by atoms with E-state index in [0.717, 1.165) is 31.6 Å². The molecule has 1 atom stereocenters. The van der Waals surface area contributed by atoms with Crippen molar-refractivity contribution in [2.24, 2.45) is 7.05 Å². The molecule has 0 saturated carbocycles. The second-order valence-corrected chi connectivity index (χ2v) is 6.03. The van der Waals surface area contributed by atoms with Gasteiger partial charge in [-0.3, -0.25) is 9.48 Å². The number of phenolic OH excluding ortho intramolecular Hbond substituents is 1. The lowest BCUT2D eigenvalue weighted by Crippen LogP contribution is -2.48. The standard InChI is InChI=1S/C17H22N4O2/c1-20-12-15(10-18-20)21-8-4-6-14(11-21)19-17(23)9-13-5-2-3-7-16(13)22/h2-3,5,7,10,12,14,22H,4,6,8-9,11H2,1H3,(H,19,23). The molecule has 1 aliphatic heterocycles. The number of para-hydroxylation sites is 1. The number of rotatable bonds is 4. The van der Waals surface area contributed by atoms with Crippen molar-refractivity contribution in [2.45, 2.75) is 25.3 Å². The lowest BCUT2D eigenvalue weighted by molar-refractivity contribution is -0.121. The zero-order valence-electron chi connectivity index (χ0n) is 13.3. The molecule has 2 aromatic rings. The Morgan fingerprint density at radius 3 is 3.00 bits per heavy atom. The molecule has 0 radical (unpaired) electrons. The second-order valence-electron chi connectivity index (χ2n) is 6.03. The highest BCUT2D eigenvalue weighted by atomic mass is 16.3. The van der Waals surface area contributed by atoms with Gasteiger partial charge in [0.25, 0.3) is 0 Å². The minimum absolute atomic E-state index is 0.0514. The van der Waals surface area contributed by atoms with E-state index in [4.69, 9.17) is 0 Å². The van der Waals surface area contributed by atoms with Crippen molar-refractivity contribution in [3.8, 4) is 5.75 Å². The average molecular weight is 314 g/mol. The van der Waals surface area contributed by atoms with Crippen LogP contribution in [0, 0.1) is 0 Å². The number of aromatic nitrogens is 2. The summed E-state index contributed by atoms with van der Waals surface area (Å²) in [6, 6.07) is 7.09. The number of hydrogen-bond acceptors (Lipinski definition) is 4. The van der Waals surface area contributed by atoms with Crippen LogP contribution in [0.4, 0.5) is 5.69 Å². The van der Waals surface area contributed by atoms with Crippen molar-refractivity contribution in [1.29, 1.82) is 0 Å². The molecule has 0 spiro atoms. The van der Waals surface area contributed by atoms with Crippen LogP contribution in [-0.4, -0.2) is 39.9 Å². The summed E-state index contributed by atoms with van der Waals surface area (Å²) in [5.41, 5.74) is 1.75. The van der Waals surface area contributed by atoms with Gasteiger partial charge in [-0.25, -0.2) is 0 Å². The Balaban J connectivity index is 1.57. The molecule has 0 bridgehead atoms. The molecule has 2 heterocycles. The minimum Gasteiger partial charge on any atom is -0.508 e. The quantitative estimate of drug-likeness (QED) is 0.896. The molecule has 6 nitrogen and oxygen atoms in total. The van der Waals surface area contributed by atoms with Crippen LogP contribution in [0.15, 0.2) is 36.7 Å². The zero-order chi connectivity index (χ0) is 16.2. The molecule has 1 aromatic carbocycles. The van der Waals surface area contributed by atoms with Gasteiger partial charge in [0, 0.05) is 37.9 Å². The number of nitrogens with one attached hydrogen (secondary N) is 1. The summed E-state index contributed by atoms with van der Waals surface area (Å²) < 4.78 is 1.79. The molecule has 1 unspecified atom stereocenters. The first-order chi connectivity index (χ1) is 11.1. The third-order valence-electron chi connectivity index (χ3n) is 4.19. The number of hydrogen-bond donors (Lipinski definition) is 2. The number of benzene rings is 1. The van der Waals surface area contributed by atoms with Crippen LogP contribution < -0.4 is 10.2 Å². The van der Waals surface area contributed by atoms with Gasteiger partial charge in [0.15, 0.2) is 0 Å². The first-order valence-electron chi connectivity index (χ1n) is 7.91. The molecule has 2 N–H and O–H groups in total. The zero-order valence-corrected chi connectivity index (χ0v) is 13.3. The summed E-state index contributed by atoms with van der Waals surface area (Å²) in [5.74, 6) is 0.118. The fourth-order valence-electron chi connectivity index (χ4n) is 3.01. The van der Waals surface area contributed by atoms with Crippen molar-refractivity contribution in [1.82, 2.24) is 15.1 Å². The van der Waals surface area contributed by atoms with Crippen LogP contribution >= 0.6 is 0 Å². The molecular formula is C17H22N4O2. The number of carbonyl (C=O) groups is 1. The van der Waals surface area contributed by atoms with E-state index < -0.39 is 0 Å². The third-order valence-corrected chi connectivity index (χ3v) is 4.19. The Morgan fingerprint density at radius 2 is 2.26 bits per heavy atom. The molecule has 0 aliphatic carbocycles. The van der Waals surface area contributed by atoms with Crippen molar-refractivity contribution >= 4 is 11.6 Å². The van der Waals surface area contributed by atoms with Gasteiger partial charge in [-0.05, 0) is 18.9 Å². The average Bonchev–Trinajstić information content (AvgIpc) is 2.96. The number of nitrogens with zero attached hydrogens (tertiary/aromatic N) is 3. The number of piperidine rings is 1. The van der Waals surface area contributed by atoms with E-state index in [1.807, 2.05) is 25.5 Å². The van der Waals surface area contributed by atoms with E-state index in [2.05, 4.69) is 15.3 Å². The molecule has 6 heteroatoms. The van der Waals surface area contributed by atoms with Crippen LogP contribution in [0.3, 0.4) is 0 Å². The normalized spacial score (nSPS) is 18.0. The van der Waals surface area contributed by atoms with Crippen LogP contribution in [0.2, 0.25) is 0 Å². The molecule has 1 aromatic heterocycles. The van der Waals surface area contributed by atoms with Crippen LogP contribution in [0.1, 0.15) is 18.4 Å². The van der Waals surface area contributed by atoms with Gasteiger partial charge in [-0.2, -0.15) is 5.10 Å². The first-order valence-corrected chi connectivity index (χ1v) is 7.91. The van der Waals surface area contributed by atoms with Gasteiger partial charge < -0.3 is 15.3 Å². The monoisotopic (exact) mass is 314 g/mol. The Labute approximate surface area is 135 Å². The summed E-state index contributed by atoms with van der Waals surface area (Å²) in [6.07, 6.45) is 6.06. The van der Waals surface area contributed by atoms with E-state index in [1.165, 1.54) is 0 Å². The van der Waals surface area contributed by atoms with Crippen LogP contribution in [-0.2, 0) is 18.3 Å². The summed E-state index contributed by atoms with van der Waals surface area (Å²) in [7, 11) is 1.90. The highest BCUT2D eigenvalue weighted by Crippen LogP contribution is 2.20. The topological polar surface area (TPSA) is 70.4 Å². The highest BCUT2D eigenvalue weighted by Gasteiger charge is 2.22. The lowest BCUT2D eigenvalue weighted by atomic mass is 10.0. The highest BCUT2D eigenvalue weighted by molar-refractivity contribution is 5.79. The SMILES string of the molecule is Cn1cc(N2CCCC(NC(=O)Cc3ccccc3O)C2)cn1. The van der Waals surface area contributed by atoms with Gasteiger partial charge in [0.2, 0.25) is 5.91 Å². The largest absolute Gasteiger partial charge is 0.508 e. The first kappa shape index (κ1) is 15.4. The van der Waals surface area contributed by atoms with Gasteiger partial charge >= 0.3 is 0 Å². The third kappa shape index (κ3) is 3.83. The van der Waals surface area contributed by atoms with E-state index in [1.54, 1.807) is 22.9 Å². The van der Waals surface area contributed by atoms with E-state index >= 15 is 0 Å². The minimum atomic E-state index is -0.0514. The van der Waals surface area contributed by atoms with Crippen molar-refractivity contribution in [3.63, 3.8) is 0 Å². The maximum atomic E-state index is 12.2. The Hall–Kier alpha value is -2.50. The number of phenols is 1. The molecule has 23 heavy (non-hydrogen) atoms. The molecule has 122 valence electrons. The van der Waals surface area contributed by atoms with E-state index in [0.29, 0.717) is 5.56 Å². The molecule has 1 amide bonds. The number of anilines is 1. The Bertz CT molecular complexity index is 683. The van der Waals surface area contributed by atoms with Crippen LogP contribution in [0.25, 0.3) is 0 Å². The van der Waals surface area contributed by atoms with Gasteiger partial charge in [-0.15, -0.1) is 0 Å². The van der Waals surface area contributed by atoms with Crippen molar-refractivity contribution in [2.75, 3.05) is 18.0 Å². The molecular weight excluding hydrogens is 292 g/mol. The number of carbonyl (C=O) groups excluding carboxylic acids is 1. The lowest BCUT2D eigenvalue weighted by Gasteiger charge is -2.33. The Morgan fingerprint density at radius 1 is 1.43 bits per heavy atom. The second kappa shape index (κ2) is 6.73. The van der Waals surface area contributed by atoms with Gasteiger partial charge in [0.1, 0.15) is 5.75 Å². The summed E-state index contributed by atoms with van der Waals surface area (Å²) >= 11 is 0. The molecule has 1 saturated heterocycles. The fraction of sp³-hybridized carbons (Fsp3) is 0.412. The predicted octanol–water partition coefficient (Wildman–Crippen LogP) is 1.45. The Kier molecular flexibility index (Phi) is 4.50. The molecule has 1 fully saturated rings. The van der Waals surface area contributed by atoms with Crippen molar-refractivity contribution in [3.05, 3.63) is 42.2 Å². The van der Waals surface area contributed by atoms with E-state index in [9.17, 15) is 9.90 Å². The molecule has 1 aliphatic rings. The summed E-state index contributed by atoms with van der Waals surface area (Å²) in [5, 5.41) is 17.0. The van der Waals surface area contributed by atoms with Crippen molar-refractivity contribution < 1.29 is 9.90 Å². The fourth-order valence-corrected chi connectivity index (χ4v) is 3.01. The van der Waals surface area contributed by atoms with Gasteiger partial charge in [-0.1, -0.05) is 18.2 Å². The smallest absolute Gasteiger partial charge is 0.224 e. The van der Waals surface area contributed by atoms with Crippen LogP contribution in [0.5, 0.6) is 5.75 Å². The number of aromatic hydroxyl groups is 1. The predicted molar refractivity (Wildman–Crippen MR) is 88.4 cm³/mol. The van der Waals surface area contributed by atoms with E-state index in [-0.39, 0.29) is 24.1 Å².